The number of ether oxygens (including phenoxy) is 2. The Hall–Kier alpha value is -1.56. The molecule has 0 amide bonds. The Kier molecular flexibility index (Phi) is 7.56. The molecule has 0 saturated heterocycles. The van der Waals surface area contributed by atoms with Crippen molar-refractivity contribution in [3.05, 3.63) is 58.1 Å². The third-order valence-electron chi connectivity index (χ3n) is 3.96. The summed E-state index contributed by atoms with van der Waals surface area (Å²) < 4.78 is 11.7. The van der Waals surface area contributed by atoms with Crippen molar-refractivity contribution in [2.24, 2.45) is 5.73 Å². The number of nitrogens with zero attached hydrogens (tertiary/aromatic N) is 1. The molecule has 2 N–H and O–H groups in total. The first-order chi connectivity index (χ1) is 11.7. The summed E-state index contributed by atoms with van der Waals surface area (Å²) in [5.74, 6) is 1.45. The third kappa shape index (κ3) is 4.97. The van der Waals surface area contributed by atoms with Crippen LogP contribution >= 0.6 is 15.9 Å². The second kappa shape index (κ2) is 9.67. The first-order valence-electron chi connectivity index (χ1n) is 8.05. The second-order valence-electron chi connectivity index (χ2n) is 5.57. The Bertz CT molecular complexity index is 635. The van der Waals surface area contributed by atoms with Crippen molar-refractivity contribution in [1.82, 2.24) is 4.90 Å². The largest absolute Gasteiger partial charge is 0.493 e. The van der Waals surface area contributed by atoms with Gasteiger partial charge < -0.3 is 15.2 Å². The van der Waals surface area contributed by atoms with Gasteiger partial charge in [-0.05, 0) is 39.5 Å². The van der Waals surface area contributed by atoms with E-state index in [4.69, 9.17) is 15.2 Å². The van der Waals surface area contributed by atoms with E-state index in [1.165, 1.54) is 5.56 Å². The van der Waals surface area contributed by atoms with Gasteiger partial charge >= 0.3 is 0 Å². The van der Waals surface area contributed by atoms with Crippen molar-refractivity contribution < 1.29 is 9.47 Å². The quantitative estimate of drug-likeness (QED) is 0.709. The number of rotatable bonds is 9. The fourth-order valence-electron chi connectivity index (χ4n) is 2.68. The molecule has 2 rings (SSSR count). The van der Waals surface area contributed by atoms with Crippen LogP contribution in [0.25, 0.3) is 0 Å². The fourth-order valence-corrected chi connectivity index (χ4v) is 3.29. The monoisotopic (exact) mass is 392 g/mol. The van der Waals surface area contributed by atoms with Gasteiger partial charge in [-0.1, -0.05) is 36.4 Å². The zero-order valence-electron chi connectivity index (χ0n) is 14.3. The summed E-state index contributed by atoms with van der Waals surface area (Å²) in [6.45, 7) is 3.26. The molecule has 2 aromatic rings. The molecular weight excluding hydrogens is 368 g/mol. The molecule has 4 nitrogen and oxygen atoms in total. The number of benzene rings is 2. The third-order valence-corrected chi connectivity index (χ3v) is 4.83. The number of nitrogens with two attached hydrogens (primary N) is 1. The minimum atomic E-state index is 0.639. The topological polar surface area (TPSA) is 47.7 Å². The van der Waals surface area contributed by atoms with Crippen molar-refractivity contribution in [2.75, 3.05) is 33.9 Å². The van der Waals surface area contributed by atoms with E-state index in [0.29, 0.717) is 6.54 Å². The summed E-state index contributed by atoms with van der Waals surface area (Å²) in [5, 5.41) is 0. The standard InChI is InChI=1S/C19H25BrN2O2/c1-23-17-9-8-16(18(20)19(17)24-2)14-22(13-11-21)12-10-15-6-4-3-5-7-15/h3-9H,10-14,21H2,1-2H3. The average Bonchev–Trinajstić information content (AvgIpc) is 2.62. The molecule has 0 atom stereocenters. The van der Waals surface area contributed by atoms with E-state index in [-0.39, 0.29) is 0 Å². The number of hydrogen-bond acceptors (Lipinski definition) is 4. The number of methoxy groups -OCH3 is 2. The van der Waals surface area contributed by atoms with Gasteiger partial charge in [0.25, 0.3) is 0 Å². The fraction of sp³-hybridized carbons (Fsp3) is 0.368. The van der Waals surface area contributed by atoms with Gasteiger partial charge in [-0.25, -0.2) is 0 Å². The Labute approximate surface area is 152 Å². The maximum atomic E-state index is 5.79. The molecule has 0 aliphatic carbocycles. The van der Waals surface area contributed by atoms with E-state index >= 15 is 0 Å². The Morgan fingerprint density at radius 1 is 1.00 bits per heavy atom. The lowest BCUT2D eigenvalue weighted by molar-refractivity contribution is 0.274. The highest BCUT2D eigenvalue weighted by atomic mass is 79.9. The first kappa shape index (κ1) is 18.8. The molecule has 0 heterocycles. The van der Waals surface area contributed by atoms with Gasteiger partial charge in [0.1, 0.15) is 0 Å². The van der Waals surface area contributed by atoms with Crippen LogP contribution in [0.5, 0.6) is 11.5 Å². The SMILES string of the molecule is COc1ccc(CN(CCN)CCc2ccccc2)c(Br)c1OC. The van der Waals surface area contributed by atoms with E-state index < -0.39 is 0 Å². The maximum Gasteiger partial charge on any atom is 0.175 e. The predicted octanol–water partition coefficient (Wildman–Crippen LogP) is 3.47. The highest BCUT2D eigenvalue weighted by Gasteiger charge is 2.15. The van der Waals surface area contributed by atoms with Gasteiger partial charge in [0.15, 0.2) is 11.5 Å². The zero-order chi connectivity index (χ0) is 17.4. The van der Waals surface area contributed by atoms with E-state index in [0.717, 1.165) is 47.6 Å². The molecular formula is C19H25BrN2O2. The summed E-state index contributed by atoms with van der Waals surface area (Å²) in [4.78, 5) is 2.36. The van der Waals surface area contributed by atoms with Crippen LogP contribution in [0.1, 0.15) is 11.1 Å². The van der Waals surface area contributed by atoms with Gasteiger partial charge in [0, 0.05) is 26.2 Å². The van der Waals surface area contributed by atoms with Crippen LogP contribution in [0.15, 0.2) is 46.9 Å². The van der Waals surface area contributed by atoms with Crippen molar-refractivity contribution in [3.63, 3.8) is 0 Å². The molecule has 0 aliphatic heterocycles. The number of hydrogen-bond donors (Lipinski definition) is 1. The van der Waals surface area contributed by atoms with Crippen LogP contribution in [0.3, 0.4) is 0 Å². The van der Waals surface area contributed by atoms with E-state index in [2.05, 4.69) is 51.2 Å². The molecule has 0 bridgehead atoms. The van der Waals surface area contributed by atoms with Crippen LogP contribution in [0, 0.1) is 0 Å². The van der Waals surface area contributed by atoms with Gasteiger partial charge in [-0.15, -0.1) is 0 Å². The second-order valence-corrected chi connectivity index (χ2v) is 6.37. The summed E-state index contributed by atoms with van der Waals surface area (Å²) in [6, 6.07) is 14.5. The van der Waals surface area contributed by atoms with Crippen LogP contribution in [-0.2, 0) is 13.0 Å². The van der Waals surface area contributed by atoms with Crippen LogP contribution in [0.4, 0.5) is 0 Å². The summed E-state index contributed by atoms with van der Waals surface area (Å²) in [6.07, 6.45) is 1.01. The van der Waals surface area contributed by atoms with Crippen LogP contribution < -0.4 is 15.2 Å². The Morgan fingerprint density at radius 3 is 2.38 bits per heavy atom. The molecule has 0 fully saturated rings. The molecule has 24 heavy (non-hydrogen) atoms. The van der Waals surface area contributed by atoms with E-state index in [1.54, 1.807) is 14.2 Å². The molecule has 0 saturated carbocycles. The molecule has 0 spiro atoms. The minimum absolute atomic E-state index is 0.639. The van der Waals surface area contributed by atoms with E-state index in [1.807, 2.05) is 12.1 Å². The van der Waals surface area contributed by atoms with Crippen LogP contribution in [0.2, 0.25) is 0 Å². The molecule has 2 aromatic carbocycles. The molecule has 0 unspecified atom stereocenters. The van der Waals surface area contributed by atoms with Crippen LogP contribution in [-0.4, -0.2) is 38.8 Å². The van der Waals surface area contributed by atoms with Crippen molar-refractivity contribution in [2.45, 2.75) is 13.0 Å². The van der Waals surface area contributed by atoms with E-state index in [9.17, 15) is 0 Å². The smallest absolute Gasteiger partial charge is 0.175 e. The molecule has 0 aromatic heterocycles. The van der Waals surface area contributed by atoms with Gasteiger partial charge in [0.2, 0.25) is 0 Å². The molecule has 0 radical (unpaired) electrons. The maximum absolute atomic E-state index is 5.79. The highest BCUT2D eigenvalue weighted by molar-refractivity contribution is 9.10. The summed E-state index contributed by atoms with van der Waals surface area (Å²) in [5.41, 5.74) is 8.29. The molecule has 0 aliphatic rings. The van der Waals surface area contributed by atoms with Crippen molar-refractivity contribution >= 4 is 15.9 Å². The lowest BCUT2D eigenvalue weighted by atomic mass is 10.1. The van der Waals surface area contributed by atoms with Crippen molar-refractivity contribution in [3.8, 4) is 11.5 Å². The first-order valence-corrected chi connectivity index (χ1v) is 8.84. The summed E-state index contributed by atoms with van der Waals surface area (Å²) in [7, 11) is 3.30. The summed E-state index contributed by atoms with van der Waals surface area (Å²) >= 11 is 3.65. The van der Waals surface area contributed by atoms with Crippen molar-refractivity contribution in [1.29, 1.82) is 0 Å². The zero-order valence-corrected chi connectivity index (χ0v) is 15.9. The minimum Gasteiger partial charge on any atom is -0.493 e. The molecule has 5 heteroatoms. The molecule has 130 valence electrons. The number of halogens is 1. The predicted molar refractivity (Wildman–Crippen MR) is 102 cm³/mol. The lowest BCUT2D eigenvalue weighted by Crippen LogP contribution is -2.31. The van der Waals surface area contributed by atoms with Gasteiger partial charge in [-0.3, -0.25) is 4.90 Å². The van der Waals surface area contributed by atoms with Gasteiger partial charge in [-0.2, -0.15) is 0 Å². The Morgan fingerprint density at radius 2 is 1.75 bits per heavy atom. The Balaban J connectivity index is 2.09. The highest BCUT2D eigenvalue weighted by Crippen LogP contribution is 2.37. The normalized spacial score (nSPS) is 10.9. The lowest BCUT2D eigenvalue weighted by Gasteiger charge is -2.23. The average molecular weight is 393 g/mol. The van der Waals surface area contributed by atoms with Gasteiger partial charge in [0.05, 0.1) is 18.7 Å².